The molecule has 1 saturated carbocycles. The first-order valence-electron chi connectivity index (χ1n) is 9.93. The third-order valence-electron chi connectivity index (χ3n) is 5.34. The molecule has 31 heavy (non-hydrogen) atoms. The Morgan fingerprint density at radius 1 is 0.968 bits per heavy atom. The predicted octanol–water partition coefficient (Wildman–Crippen LogP) is 4.55. The molecule has 7 heteroatoms. The Hall–Kier alpha value is -3.79. The molecule has 1 aromatic carbocycles. The van der Waals surface area contributed by atoms with Crippen LogP contribution in [0.4, 0.5) is 13.6 Å². The van der Waals surface area contributed by atoms with Gasteiger partial charge in [-0.3, -0.25) is 4.98 Å². The maximum absolute atomic E-state index is 14.6. The Morgan fingerprint density at radius 2 is 1.71 bits per heavy atom. The number of amides is 1. The van der Waals surface area contributed by atoms with E-state index in [1.54, 1.807) is 6.20 Å². The highest BCUT2D eigenvalue weighted by Crippen LogP contribution is 2.39. The van der Waals surface area contributed by atoms with Crippen LogP contribution in [0.15, 0.2) is 54.9 Å². The molecule has 0 bridgehead atoms. The zero-order valence-electron chi connectivity index (χ0n) is 16.3. The van der Waals surface area contributed by atoms with Crippen LogP contribution in [-0.2, 0) is 4.74 Å². The van der Waals surface area contributed by atoms with Crippen molar-refractivity contribution in [3.05, 3.63) is 94.6 Å². The molecular formula is C24H17F2N3O2. The van der Waals surface area contributed by atoms with Crippen molar-refractivity contribution in [2.45, 2.75) is 30.9 Å². The summed E-state index contributed by atoms with van der Waals surface area (Å²) in [6.07, 6.45) is 3.94. The van der Waals surface area contributed by atoms with E-state index in [1.165, 1.54) is 49.4 Å². The molecule has 1 amide bonds. The number of carbonyl (C=O) groups is 1. The molecule has 0 unspecified atom stereocenters. The number of hydrogen-bond donors (Lipinski definition) is 1. The molecular weight excluding hydrogens is 400 g/mol. The van der Waals surface area contributed by atoms with Gasteiger partial charge in [0.15, 0.2) is 6.10 Å². The number of alkyl carbamates (subject to hydrolysis) is 1. The first kappa shape index (κ1) is 19.2. The van der Waals surface area contributed by atoms with Crippen LogP contribution in [0.2, 0.25) is 0 Å². The maximum atomic E-state index is 14.6. The molecule has 5 rings (SSSR count). The quantitative estimate of drug-likeness (QED) is 0.502. The van der Waals surface area contributed by atoms with Crippen LogP contribution in [0, 0.1) is 23.6 Å². The van der Waals surface area contributed by atoms with Crippen LogP contribution in [0.5, 0.6) is 0 Å². The van der Waals surface area contributed by atoms with Gasteiger partial charge in [-0.1, -0.05) is 24.0 Å². The fraction of sp³-hybridized carbons (Fsp3) is 0.208. The van der Waals surface area contributed by atoms with E-state index in [-0.39, 0.29) is 5.56 Å². The summed E-state index contributed by atoms with van der Waals surface area (Å²) < 4.78 is 33.1. The summed E-state index contributed by atoms with van der Waals surface area (Å²) in [4.78, 5) is 20.1. The average molecular weight is 417 g/mol. The van der Waals surface area contributed by atoms with E-state index in [2.05, 4.69) is 27.1 Å². The molecule has 5 nitrogen and oxygen atoms in total. The molecule has 2 atom stereocenters. The van der Waals surface area contributed by atoms with Crippen LogP contribution in [0.3, 0.4) is 0 Å². The lowest BCUT2D eigenvalue weighted by Gasteiger charge is -2.18. The van der Waals surface area contributed by atoms with Gasteiger partial charge in [-0.15, -0.1) is 0 Å². The standard InChI is InChI=1S/C24H17F2N3O2/c25-18-8-6-17(7-9-18)22-21(29-24(30)31-22)19-11-15(13-28-23(19)26)2-1-14-3-10-20(27-12-14)16-4-5-16/h3,6-13,16,21-22H,4-5H2,(H,29,30)/t21-,22-/m1/s1. The largest absolute Gasteiger partial charge is 0.439 e. The summed E-state index contributed by atoms with van der Waals surface area (Å²) in [6.45, 7) is 0. The van der Waals surface area contributed by atoms with Crippen molar-refractivity contribution in [3.63, 3.8) is 0 Å². The first-order chi connectivity index (χ1) is 15.1. The number of benzene rings is 1. The minimum Gasteiger partial charge on any atom is -0.439 e. The maximum Gasteiger partial charge on any atom is 0.408 e. The Labute approximate surface area is 177 Å². The number of nitrogens with one attached hydrogen (secondary N) is 1. The van der Waals surface area contributed by atoms with Crippen LogP contribution in [-0.4, -0.2) is 16.1 Å². The van der Waals surface area contributed by atoms with Gasteiger partial charge in [-0.25, -0.2) is 14.2 Å². The Morgan fingerprint density at radius 3 is 2.42 bits per heavy atom. The minimum atomic E-state index is -0.813. The molecule has 2 fully saturated rings. The lowest BCUT2D eigenvalue weighted by molar-refractivity contribution is 0.131. The van der Waals surface area contributed by atoms with E-state index in [0.29, 0.717) is 17.0 Å². The minimum absolute atomic E-state index is 0.147. The fourth-order valence-corrected chi connectivity index (χ4v) is 3.57. The van der Waals surface area contributed by atoms with Gasteiger partial charge < -0.3 is 10.1 Å². The molecule has 1 aliphatic carbocycles. The lowest BCUT2D eigenvalue weighted by Crippen LogP contribution is -2.21. The monoisotopic (exact) mass is 417 g/mol. The highest BCUT2D eigenvalue weighted by molar-refractivity contribution is 5.71. The van der Waals surface area contributed by atoms with Gasteiger partial charge >= 0.3 is 6.09 Å². The molecule has 2 aliphatic rings. The summed E-state index contributed by atoms with van der Waals surface area (Å²) in [6, 6.07) is 10.1. The fourth-order valence-electron chi connectivity index (χ4n) is 3.57. The van der Waals surface area contributed by atoms with Gasteiger partial charge in [0.1, 0.15) is 11.9 Å². The van der Waals surface area contributed by atoms with Crippen LogP contribution in [0.1, 0.15) is 58.9 Å². The number of aromatic nitrogens is 2. The molecule has 154 valence electrons. The summed E-state index contributed by atoms with van der Waals surface area (Å²) in [5.74, 6) is 5.40. The Kier molecular flexibility index (Phi) is 4.83. The molecule has 0 radical (unpaired) electrons. The van der Waals surface area contributed by atoms with Crippen molar-refractivity contribution in [2.24, 2.45) is 0 Å². The van der Waals surface area contributed by atoms with Crippen LogP contribution in [0.25, 0.3) is 0 Å². The predicted molar refractivity (Wildman–Crippen MR) is 108 cm³/mol. The van der Waals surface area contributed by atoms with Crippen molar-refractivity contribution in [2.75, 3.05) is 0 Å². The zero-order valence-corrected chi connectivity index (χ0v) is 16.3. The Bertz CT molecular complexity index is 1200. The van der Waals surface area contributed by atoms with Gasteiger partial charge in [0.05, 0.1) is 0 Å². The number of hydrogen-bond acceptors (Lipinski definition) is 4. The van der Waals surface area contributed by atoms with Crippen molar-refractivity contribution in [1.29, 1.82) is 0 Å². The van der Waals surface area contributed by atoms with E-state index in [9.17, 15) is 13.6 Å². The second-order valence-corrected chi connectivity index (χ2v) is 7.60. The lowest BCUT2D eigenvalue weighted by atomic mass is 9.96. The molecule has 1 saturated heterocycles. The third-order valence-corrected chi connectivity index (χ3v) is 5.34. The van der Waals surface area contributed by atoms with Crippen molar-refractivity contribution >= 4 is 6.09 Å². The number of carbonyl (C=O) groups excluding carboxylic acids is 1. The normalized spacial score (nSPS) is 19.9. The number of nitrogens with zero attached hydrogens (tertiary/aromatic N) is 2. The third kappa shape index (κ3) is 4.10. The van der Waals surface area contributed by atoms with Gasteiger partial charge in [0.2, 0.25) is 5.95 Å². The second-order valence-electron chi connectivity index (χ2n) is 7.60. The number of cyclic esters (lactones) is 1. The van der Waals surface area contributed by atoms with E-state index in [4.69, 9.17) is 4.74 Å². The number of pyridine rings is 2. The van der Waals surface area contributed by atoms with E-state index < -0.39 is 30.0 Å². The molecule has 0 spiro atoms. The topological polar surface area (TPSA) is 64.1 Å². The summed E-state index contributed by atoms with van der Waals surface area (Å²) >= 11 is 0. The summed E-state index contributed by atoms with van der Waals surface area (Å²) in [7, 11) is 0. The van der Waals surface area contributed by atoms with Gasteiger partial charge in [-0.05, 0) is 48.7 Å². The molecule has 3 aromatic rings. The van der Waals surface area contributed by atoms with E-state index in [0.717, 1.165) is 11.3 Å². The zero-order chi connectivity index (χ0) is 21.4. The highest BCUT2D eigenvalue weighted by Gasteiger charge is 2.38. The van der Waals surface area contributed by atoms with Crippen molar-refractivity contribution in [3.8, 4) is 11.8 Å². The Balaban J connectivity index is 1.42. The molecule has 1 N–H and O–H groups in total. The van der Waals surface area contributed by atoms with E-state index >= 15 is 0 Å². The SMILES string of the molecule is O=C1N[C@H](c2cc(C#Cc3ccc(C4CC4)nc3)cnc2F)[C@@H](c2ccc(F)cc2)O1. The van der Waals surface area contributed by atoms with Gasteiger partial charge in [0, 0.05) is 40.7 Å². The van der Waals surface area contributed by atoms with Crippen LogP contribution >= 0.6 is 0 Å². The van der Waals surface area contributed by atoms with E-state index in [1.807, 2.05) is 12.1 Å². The van der Waals surface area contributed by atoms with Crippen molar-refractivity contribution in [1.82, 2.24) is 15.3 Å². The number of rotatable bonds is 3. The second kappa shape index (κ2) is 7.80. The molecule has 3 heterocycles. The molecule has 2 aromatic heterocycles. The van der Waals surface area contributed by atoms with Gasteiger partial charge in [-0.2, -0.15) is 4.39 Å². The first-order valence-corrected chi connectivity index (χ1v) is 9.93. The summed E-state index contributed by atoms with van der Waals surface area (Å²) in [5.41, 5.74) is 3.01. The number of halogens is 2. The average Bonchev–Trinajstić information content (AvgIpc) is 3.56. The molecule has 1 aliphatic heterocycles. The van der Waals surface area contributed by atoms with Crippen molar-refractivity contribution < 1.29 is 18.3 Å². The van der Waals surface area contributed by atoms with Crippen LogP contribution < -0.4 is 5.32 Å². The highest BCUT2D eigenvalue weighted by atomic mass is 19.1. The van der Waals surface area contributed by atoms with Gasteiger partial charge in [0.25, 0.3) is 0 Å². The number of ether oxygens (including phenoxy) is 1. The smallest absolute Gasteiger partial charge is 0.408 e. The summed E-state index contributed by atoms with van der Waals surface area (Å²) in [5, 5.41) is 2.60.